The van der Waals surface area contributed by atoms with Gasteiger partial charge in [-0.15, -0.1) is 11.3 Å². The van der Waals surface area contributed by atoms with Crippen LogP contribution in [0.15, 0.2) is 30.0 Å². The van der Waals surface area contributed by atoms with Crippen LogP contribution in [0.5, 0.6) is 0 Å². The Morgan fingerprint density at radius 2 is 2.12 bits per heavy atom. The van der Waals surface area contributed by atoms with Gasteiger partial charge in [-0.2, -0.15) is 0 Å². The minimum atomic E-state index is -1.07. The number of aliphatic hydroxyl groups is 2. The SMILES string of the molecule is Cc1ncnc2c1ccn2[C@@H]1O[C@H]([C@@H]2OCc3sccc32)[C@@H](O)[C@H]1O. The van der Waals surface area contributed by atoms with Crippen LogP contribution >= 0.6 is 11.3 Å². The van der Waals surface area contributed by atoms with Crippen molar-refractivity contribution in [3.8, 4) is 0 Å². The van der Waals surface area contributed by atoms with Gasteiger partial charge < -0.3 is 24.3 Å². The van der Waals surface area contributed by atoms with E-state index in [2.05, 4.69) is 9.97 Å². The van der Waals surface area contributed by atoms with E-state index >= 15 is 0 Å². The van der Waals surface area contributed by atoms with Crippen molar-refractivity contribution < 1.29 is 19.7 Å². The summed E-state index contributed by atoms with van der Waals surface area (Å²) in [5, 5.41) is 24.1. The van der Waals surface area contributed by atoms with Crippen LogP contribution in [0.2, 0.25) is 0 Å². The lowest BCUT2D eigenvalue weighted by molar-refractivity contribution is -0.104. The molecule has 8 heteroatoms. The molecule has 3 aromatic heterocycles. The van der Waals surface area contributed by atoms with Crippen molar-refractivity contribution >= 4 is 22.4 Å². The maximum Gasteiger partial charge on any atom is 0.164 e. The lowest BCUT2D eigenvalue weighted by Crippen LogP contribution is -2.34. The molecule has 7 nitrogen and oxygen atoms in total. The van der Waals surface area contributed by atoms with E-state index in [-0.39, 0.29) is 6.10 Å². The zero-order valence-corrected chi connectivity index (χ0v) is 14.3. The average Bonchev–Trinajstić information content (AvgIpc) is 3.34. The molecule has 25 heavy (non-hydrogen) atoms. The molecule has 1 saturated heterocycles. The minimum Gasteiger partial charge on any atom is -0.387 e. The second-order valence-corrected chi connectivity index (χ2v) is 7.42. The third kappa shape index (κ3) is 2.19. The number of thiophene rings is 1. The fraction of sp³-hybridized carbons (Fsp3) is 0.412. The van der Waals surface area contributed by atoms with Gasteiger partial charge in [-0.25, -0.2) is 9.97 Å². The van der Waals surface area contributed by atoms with Gasteiger partial charge in [-0.1, -0.05) is 0 Å². The first-order chi connectivity index (χ1) is 12.1. The fourth-order valence-electron chi connectivity index (χ4n) is 3.72. The Labute approximate surface area is 147 Å². The lowest BCUT2D eigenvalue weighted by Gasteiger charge is -2.21. The number of hydrogen-bond donors (Lipinski definition) is 2. The van der Waals surface area contributed by atoms with Crippen molar-refractivity contribution in [3.63, 3.8) is 0 Å². The molecule has 0 spiro atoms. The third-order valence-corrected chi connectivity index (χ3v) is 5.95. The Morgan fingerprint density at radius 1 is 1.24 bits per heavy atom. The fourth-order valence-corrected chi connectivity index (χ4v) is 4.55. The maximum absolute atomic E-state index is 10.6. The highest BCUT2D eigenvalue weighted by Gasteiger charge is 2.50. The predicted molar refractivity (Wildman–Crippen MR) is 90.0 cm³/mol. The zero-order valence-electron chi connectivity index (χ0n) is 13.4. The highest BCUT2D eigenvalue weighted by molar-refractivity contribution is 7.10. The van der Waals surface area contributed by atoms with Crippen molar-refractivity contribution in [1.29, 1.82) is 0 Å². The number of hydrogen-bond acceptors (Lipinski definition) is 7. The molecule has 2 aliphatic rings. The molecule has 2 aliphatic heterocycles. The van der Waals surface area contributed by atoms with Crippen molar-refractivity contribution in [2.75, 3.05) is 0 Å². The number of aryl methyl sites for hydroxylation is 1. The van der Waals surface area contributed by atoms with Gasteiger partial charge in [0.25, 0.3) is 0 Å². The number of rotatable bonds is 2. The molecule has 0 radical (unpaired) electrons. The number of aromatic nitrogens is 3. The molecule has 130 valence electrons. The average molecular weight is 359 g/mol. The van der Waals surface area contributed by atoms with Crippen LogP contribution in [0.1, 0.15) is 28.5 Å². The van der Waals surface area contributed by atoms with Gasteiger partial charge in [0, 0.05) is 16.5 Å². The number of fused-ring (bicyclic) bond motifs is 2. The second kappa shape index (κ2) is 5.58. The van der Waals surface area contributed by atoms with Gasteiger partial charge >= 0.3 is 0 Å². The highest BCUT2D eigenvalue weighted by atomic mass is 32.1. The topological polar surface area (TPSA) is 89.6 Å². The van der Waals surface area contributed by atoms with Gasteiger partial charge in [0.15, 0.2) is 6.23 Å². The van der Waals surface area contributed by atoms with E-state index in [0.29, 0.717) is 12.3 Å². The molecule has 3 aromatic rings. The molecule has 0 saturated carbocycles. The van der Waals surface area contributed by atoms with Crippen molar-refractivity contribution in [2.24, 2.45) is 0 Å². The van der Waals surface area contributed by atoms with Crippen LogP contribution in [-0.4, -0.2) is 43.1 Å². The van der Waals surface area contributed by atoms with E-state index in [1.165, 1.54) is 6.33 Å². The number of ether oxygens (including phenoxy) is 2. The Bertz CT molecular complexity index is 939. The van der Waals surface area contributed by atoms with Gasteiger partial charge in [0.05, 0.1) is 12.3 Å². The van der Waals surface area contributed by atoms with Crippen LogP contribution in [-0.2, 0) is 16.1 Å². The molecule has 2 N–H and O–H groups in total. The molecule has 0 amide bonds. The van der Waals surface area contributed by atoms with Crippen molar-refractivity contribution in [2.45, 2.75) is 44.2 Å². The largest absolute Gasteiger partial charge is 0.387 e. The highest BCUT2D eigenvalue weighted by Crippen LogP contribution is 2.44. The quantitative estimate of drug-likeness (QED) is 0.724. The second-order valence-electron chi connectivity index (χ2n) is 6.42. The molecular weight excluding hydrogens is 342 g/mol. The molecule has 5 rings (SSSR count). The van der Waals surface area contributed by atoms with E-state index in [0.717, 1.165) is 21.5 Å². The first kappa shape index (κ1) is 15.4. The smallest absolute Gasteiger partial charge is 0.164 e. The molecular formula is C17H17N3O4S. The van der Waals surface area contributed by atoms with Crippen LogP contribution < -0.4 is 0 Å². The standard InChI is InChI=1S/C17H17N3O4S/c1-8-9-2-4-20(16(9)19-7-18-8)17-13(22)12(21)15(24-17)14-10-3-5-25-11(10)6-23-14/h2-5,7,12-15,17,21-22H,6H2,1H3/t12-,13+,14+,15-,17+/m0/s1. The van der Waals surface area contributed by atoms with Gasteiger partial charge in [-0.05, 0) is 30.0 Å². The summed E-state index contributed by atoms with van der Waals surface area (Å²) in [6, 6.07) is 3.89. The normalized spacial score (nSPS) is 31.7. The molecule has 0 aromatic carbocycles. The van der Waals surface area contributed by atoms with Crippen molar-refractivity contribution in [1.82, 2.24) is 14.5 Å². The minimum absolute atomic E-state index is 0.367. The Morgan fingerprint density at radius 3 is 3.00 bits per heavy atom. The molecule has 0 aliphatic carbocycles. The summed E-state index contributed by atoms with van der Waals surface area (Å²) in [7, 11) is 0. The first-order valence-corrected chi connectivity index (χ1v) is 9.00. The number of nitrogens with zero attached hydrogens (tertiary/aromatic N) is 3. The summed E-state index contributed by atoms with van der Waals surface area (Å²) < 4.78 is 13.6. The van der Waals surface area contributed by atoms with E-state index in [1.807, 2.05) is 24.4 Å². The molecule has 0 bridgehead atoms. The van der Waals surface area contributed by atoms with E-state index in [4.69, 9.17) is 9.47 Å². The Balaban J connectivity index is 1.50. The summed E-state index contributed by atoms with van der Waals surface area (Å²) >= 11 is 1.63. The zero-order chi connectivity index (χ0) is 17.1. The summed E-state index contributed by atoms with van der Waals surface area (Å²) in [4.78, 5) is 9.63. The molecule has 5 atom stereocenters. The summed E-state index contributed by atoms with van der Waals surface area (Å²) in [5.74, 6) is 0. The Kier molecular flexibility index (Phi) is 3.44. The van der Waals surface area contributed by atoms with Crippen LogP contribution in [0, 0.1) is 6.92 Å². The van der Waals surface area contributed by atoms with Crippen LogP contribution in [0.3, 0.4) is 0 Å². The van der Waals surface area contributed by atoms with Gasteiger partial charge in [-0.3, -0.25) is 0 Å². The van der Waals surface area contributed by atoms with Crippen LogP contribution in [0.4, 0.5) is 0 Å². The summed E-state index contributed by atoms with van der Waals surface area (Å²) in [5.41, 5.74) is 2.57. The lowest BCUT2D eigenvalue weighted by atomic mass is 10.0. The predicted octanol–water partition coefficient (Wildman–Crippen LogP) is 1.69. The number of aliphatic hydroxyl groups excluding tert-OH is 2. The third-order valence-electron chi connectivity index (χ3n) is 5.04. The first-order valence-electron chi connectivity index (χ1n) is 8.13. The van der Waals surface area contributed by atoms with Gasteiger partial charge in [0.1, 0.15) is 36.4 Å². The summed E-state index contributed by atoms with van der Waals surface area (Å²) in [6.45, 7) is 2.42. The van der Waals surface area contributed by atoms with E-state index in [9.17, 15) is 10.2 Å². The summed E-state index contributed by atoms with van der Waals surface area (Å²) in [6.07, 6.45) is -0.533. The van der Waals surface area contributed by atoms with E-state index in [1.54, 1.807) is 22.1 Å². The van der Waals surface area contributed by atoms with Crippen LogP contribution in [0.25, 0.3) is 11.0 Å². The van der Waals surface area contributed by atoms with Crippen molar-refractivity contribution in [3.05, 3.63) is 46.2 Å². The molecule has 1 fully saturated rings. The Hall–Kier alpha value is -1.84. The molecule has 0 unspecified atom stereocenters. The van der Waals surface area contributed by atoms with E-state index < -0.39 is 24.5 Å². The monoisotopic (exact) mass is 359 g/mol. The maximum atomic E-state index is 10.6. The molecule has 5 heterocycles. The van der Waals surface area contributed by atoms with Gasteiger partial charge in [0.2, 0.25) is 0 Å².